The fourth-order valence-electron chi connectivity index (χ4n) is 3.11. The Morgan fingerprint density at radius 3 is 2.72 bits per heavy atom. The molecule has 0 saturated carbocycles. The molecule has 3 heterocycles. The molecule has 5 rings (SSSR count). The van der Waals surface area contributed by atoms with Crippen molar-refractivity contribution in [3.8, 4) is 23.0 Å². The Morgan fingerprint density at radius 2 is 1.90 bits per heavy atom. The number of aryl methyl sites for hydroxylation is 2. The van der Waals surface area contributed by atoms with Gasteiger partial charge < -0.3 is 19.8 Å². The highest BCUT2D eigenvalue weighted by molar-refractivity contribution is 14.1. The summed E-state index contributed by atoms with van der Waals surface area (Å²) in [7, 11) is 0. The Kier molecular flexibility index (Phi) is 4.92. The first kappa shape index (κ1) is 18.5. The third-order valence-corrected chi connectivity index (χ3v) is 6.77. The van der Waals surface area contributed by atoms with Crippen molar-refractivity contribution >= 4 is 40.2 Å². The van der Waals surface area contributed by atoms with E-state index in [0.717, 1.165) is 38.8 Å². The highest BCUT2D eigenvalue weighted by Gasteiger charge is 2.22. The molecule has 0 spiro atoms. The number of hydrogen-bond donors (Lipinski definition) is 1. The number of benzene rings is 2. The monoisotopic (exact) mass is 517 g/mol. The molecule has 3 aliphatic rings. The summed E-state index contributed by atoms with van der Waals surface area (Å²) in [5.41, 5.74) is 7.95. The SMILES string of the molecule is Nc1ncn(CCc2ccccc2)c2nc(Sc3cc4c(cc3I)OCO4)nc1-2. The van der Waals surface area contributed by atoms with Gasteiger partial charge in [0, 0.05) is 15.0 Å². The number of hydrogen-bond acceptors (Lipinski definition) is 7. The first-order chi connectivity index (χ1) is 14.2. The predicted octanol–water partition coefficient (Wildman–Crippen LogP) is 4.09. The van der Waals surface area contributed by atoms with Crippen molar-refractivity contribution in [2.75, 3.05) is 12.5 Å². The Morgan fingerprint density at radius 1 is 1.10 bits per heavy atom. The average molecular weight is 517 g/mol. The van der Waals surface area contributed by atoms with E-state index in [2.05, 4.69) is 44.7 Å². The molecule has 29 heavy (non-hydrogen) atoms. The number of anilines is 1. The van der Waals surface area contributed by atoms with Gasteiger partial charge in [0.1, 0.15) is 0 Å². The van der Waals surface area contributed by atoms with E-state index in [0.29, 0.717) is 16.7 Å². The number of ether oxygens (including phenoxy) is 2. The second-order valence-electron chi connectivity index (χ2n) is 6.48. The molecule has 2 aromatic carbocycles. The van der Waals surface area contributed by atoms with Crippen LogP contribution in [0.1, 0.15) is 5.56 Å². The van der Waals surface area contributed by atoms with Crippen LogP contribution in [-0.4, -0.2) is 26.3 Å². The van der Waals surface area contributed by atoms with Crippen LogP contribution in [0.4, 0.5) is 5.82 Å². The van der Waals surface area contributed by atoms with E-state index in [1.165, 1.54) is 17.3 Å². The van der Waals surface area contributed by atoms with Gasteiger partial charge in [0.05, 0.1) is 6.33 Å². The van der Waals surface area contributed by atoms with Gasteiger partial charge in [-0.15, -0.1) is 0 Å². The molecular formula is C20H16IN5O2S. The summed E-state index contributed by atoms with van der Waals surface area (Å²) < 4.78 is 14.0. The highest BCUT2D eigenvalue weighted by Crippen LogP contribution is 2.41. The number of rotatable bonds is 5. The number of halogens is 1. The topological polar surface area (TPSA) is 88.1 Å². The van der Waals surface area contributed by atoms with Gasteiger partial charge in [-0.3, -0.25) is 0 Å². The first-order valence-electron chi connectivity index (χ1n) is 8.96. The van der Waals surface area contributed by atoms with E-state index < -0.39 is 0 Å². The van der Waals surface area contributed by atoms with Gasteiger partial charge in [-0.05, 0) is 58.5 Å². The normalized spacial score (nSPS) is 12.6. The van der Waals surface area contributed by atoms with Gasteiger partial charge in [0.2, 0.25) is 6.79 Å². The Labute approximate surface area is 185 Å². The Hall–Kier alpha value is -2.53. The van der Waals surface area contributed by atoms with Gasteiger partial charge in [-0.1, -0.05) is 30.3 Å². The maximum absolute atomic E-state index is 6.07. The number of aromatic nitrogens is 4. The minimum Gasteiger partial charge on any atom is -0.454 e. The Bertz CT molecular complexity index is 1150. The third-order valence-electron chi connectivity index (χ3n) is 4.58. The molecule has 0 bridgehead atoms. The molecule has 0 atom stereocenters. The zero-order valence-electron chi connectivity index (χ0n) is 15.2. The van der Waals surface area contributed by atoms with Gasteiger partial charge in [-0.2, -0.15) is 0 Å². The lowest BCUT2D eigenvalue weighted by Gasteiger charge is -2.11. The standard InChI is InChI=1S/C20H16IN5O2S/c21-13-8-14-15(28-11-27-14)9-16(13)29-20-24-17-18(22)23-10-26(19(17)25-20)7-6-12-4-2-1-3-5-12/h1-5,8-10H,6-7,11,22H2. The van der Waals surface area contributed by atoms with Crippen molar-refractivity contribution in [3.63, 3.8) is 0 Å². The summed E-state index contributed by atoms with van der Waals surface area (Å²) in [6.07, 6.45) is 2.61. The van der Waals surface area contributed by atoms with Gasteiger partial charge in [0.25, 0.3) is 0 Å². The van der Waals surface area contributed by atoms with E-state index >= 15 is 0 Å². The van der Waals surface area contributed by atoms with Crippen molar-refractivity contribution < 1.29 is 9.47 Å². The number of nitrogen functional groups attached to an aromatic ring is 1. The molecule has 3 aliphatic heterocycles. The number of nitrogens with zero attached hydrogens (tertiary/aromatic N) is 4. The van der Waals surface area contributed by atoms with E-state index in [-0.39, 0.29) is 6.79 Å². The molecular weight excluding hydrogens is 501 g/mol. The predicted molar refractivity (Wildman–Crippen MR) is 118 cm³/mol. The van der Waals surface area contributed by atoms with Gasteiger partial charge in [-0.25, -0.2) is 15.0 Å². The molecule has 2 N–H and O–H groups in total. The maximum atomic E-state index is 6.07. The van der Waals surface area contributed by atoms with Crippen LogP contribution in [0.5, 0.6) is 11.5 Å². The molecule has 0 fully saturated rings. The van der Waals surface area contributed by atoms with Crippen molar-refractivity contribution in [3.05, 3.63) is 57.9 Å². The molecule has 0 aliphatic carbocycles. The molecule has 0 unspecified atom stereocenters. The lowest BCUT2D eigenvalue weighted by Crippen LogP contribution is -2.09. The third kappa shape index (κ3) is 3.71. The summed E-state index contributed by atoms with van der Waals surface area (Å²) in [5, 5.41) is 0.630. The van der Waals surface area contributed by atoms with E-state index in [1.54, 1.807) is 6.33 Å². The van der Waals surface area contributed by atoms with Crippen LogP contribution in [0.2, 0.25) is 0 Å². The van der Waals surface area contributed by atoms with Crippen LogP contribution in [0, 0.1) is 3.57 Å². The molecule has 7 nitrogen and oxygen atoms in total. The van der Waals surface area contributed by atoms with E-state index in [9.17, 15) is 0 Å². The Balaban J connectivity index is 1.44. The fraction of sp³-hybridized carbons (Fsp3) is 0.150. The van der Waals surface area contributed by atoms with Crippen LogP contribution in [0.3, 0.4) is 0 Å². The maximum Gasteiger partial charge on any atom is 0.231 e. The summed E-state index contributed by atoms with van der Waals surface area (Å²) >= 11 is 3.75. The van der Waals surface area contributed by atoms with Crippen LogP contribution in [0.15, 0.2) is 58.8 Å². The lowest BCUT2D eigenvalue weighted by molar-refractivity contribution is 0.174. The molecule has 0 saturated heterocycles. The smallest absolute Gasteiger partial charge is 0.231 e. The zero-order valence-corrected chi connectivity index (χ0v) is 18.2. The number of fused-ring (bicyclic) bond motifs is 2. The minimum absolute atomic E-state index is 0.250. The highest BCUT2D eigenvalue weighted by atomic mass is 127. The summed E-state index contributed by atoms with van der Waals surface area (Å²) in [6.45, 7) is 0.998. The van der Waals surface area contributed by atoms with Crippen molar-refractivity contribution in [2.24, 2.45) is 0 Å². The molecule has 0 radical (unpaired) electrons. The molecule has 9 heteroatoms. The first-order valence-corrected chi connectivity index (χ1v) is 10.9. The molecule has 0 amide bonds. The van der Waals surface area contributed by atoms with Crippen LogP contribution < -0.4 is 15.2 Å². The second kappa shape index (κ2) is 7.71. The van der Waals surface area contributed by atoms with Gasteiger partial charge >= 0.3 is 0 Å². The fourth-order valence-corrected chi connectivity index (χ4v) is 4.67. The summed E-state index contributed by atoms with van der Waals surface area (Å²) in [5.74, 6) is 2.63. The summed E-state index contributed by atoms with van der Waals surface area (Å²) in [6, 6.07) is 14.2. The van der Waals surface area contributed by atoms with Crippen molar-refractivity contribution in [2.45, 2.75) is 23.0 Å². The molecule has 0 aromatic heterocycles. The average Bonchev–Trinajstić information content (AvgIpc) is 3.36. The van der Waals surface area contributed by atoms with Crippen molar-refractivity contribution in [1.29, 1.82) is 0 Å². The van der Waals surface area contributed by atoms with E-state index in [1.807, 2.05) is 34.9 Å². The van der Waals surface area contributed by atoms with E-state index in [4.69, 9.17) is 20.2 Å². The molecule has 2 aromatic rings. The second-order valence-corrected chi connectivity index (χ2v) is 8.65. The van der Waals surface area contributed by atoms with Crippen LogP contribution in [-0.2, 0) is 13.0 Å². The summed E-state index contributed by atoms with van der Waals surface area (Å²) in [4.78, 5) is 14.7. The quantitative estimate of drug-likeness (QED) is 0.399. The van der Waals surface area contributed by atoms with Crippen LogP contribution >= 0.6 is 34.4 Å². The zero-order chi connectivity index (χ0) is 19.8. The number of imidazole rings is 1. The van der Waals surface area contributed by atoms with Crippen molar-refractivity contribution in [1.82, 2.24) is 19.5 Å². The van der Waals surface area contributed by atoms with Gasteiger partial charge in [0.15, 0.2) is 34.0 Å². The van der Waals surface area contributed by atoms with Crippen LogP contribution in [0.25, 0.3) is 11.5 Å². The largest absolute Gasteiger partial charge is 0.454 e. The number of nitrogens with two attached hydrogens (primary N) is 1. The lowest BCUT2D eigenvalue weighted by atomic mass is 10.1. The minimum atomic E-state index is 0.250. The molecule has 146 valence electrons.